The van der Waals surface area contributed by atoms with Crippen molar-refractivity contribution in [2.75, 3.05) is 31.9 Å². The van der Waals surface area contributed by atoms with Crippen LogP contribution in [0.1, 0.15) is 5.56 Å². The van der Waals surface area contributed by atoms with Gasteiger partial charge in [-0.1, -0.05) is 30.3 Å². The second-order valence-corrected chi connectivity index (χ2v) is 7.68. The Hall–Kier alpha value is -1.89. The Kier molecular flexibility index (Phi) is 4.66. The van der Waals surface area contributed by atoms with Crippen molar-refractivity contribution in [3.63, 3.8) is 0 Å². The Balaban J connectivity index is 1.62. The van der Waals surface area contributed by atoms with Crippen LogP contribution in [0.3, 0.4) is 0 Å². The van der Waals surface area contributed by atoms with E-state index < -0.39 is 10.0 Å². The lowest BCUT2D eigenvalue weighted by Crippen LogP contribution is -2.48. The van der Waals surface area contributed by atoms with Gasteiger partial charge in [-0.3, -0.25) is 4.90 Å². The van der Waals surface area contributed by atoms with Crippen molar-refractivity contribution in [3.05, 3.63) is 60.2 Å². The van der Waals surface area contributed by atoms with Gasteiger partial charge in [0.05, 0.1) is 4.90 Å². The molecule has 1 saturated heterocycles. The van der Waals surface area contributed by atoms with E-state index in [0.717, 1.165) is 30.9 Å². The summed E-state index contributed by atoms with van der Waals surface area (Å²) in [5.74, 6) is 0. The Bertz CT molecular complexity index is 754. The van der Waals surface area contributed by atoms with Crippen LogP contribution >= 0.6 is 0 Å². The summed E-state index contributed by atoms with van der Waals surface area (Å²) in [6.45, 7) is 3.27. The monoisotopic (exact) mass is 331 g/mol. The molecular formula is C17H21N3O2S. The third-order valence-electron chi connectivity index (χ3n) is 4.07. The molecule has 5 nitrogen and oxygen atoms in total. The molecule has 2 N–H and O–H groups in total. The van der Waals surface area contributed by atoms with E-state index in [1.54, 1.807) is 28.6 Å². The number of anilines is 1. The van der Waals surface area contributed by atoms with E-state index in [2.05, 4.69) is 4.90 Å². The molecule has 0 saturated carbocycles. The molecule has 1 fully saturated rings. The molecule has 0 bridgehead atoms. The summed E-state index contributed by atoms with van der Waals surface area (Å²) in [6.07, 6.45) is 0. The predicted molar refractivity (Wildman–Crippen MR) is 91.3 cm³/mol. The minimum Gasteiger partial charge on any atom is -0.399 e. The first-order valence-electron chi connectivity index (χ1n) is 7.68. The highest BCUT2D eigenvalue weighted by atomic mass is 32.2. The molecule has 1 aliphatic rings. The molecule has 3 rings (SSSR count). The predicted octanol–water partition coefficient (Wildman–Crippen LogP) is 1.78. The zero-order valence-corrected chi connectivity index (χ0v) is 13.7. The Morgan fingerprint density at radius 1 is 0.913 bits per heavy atom. The first-order valence-corrected chi connectivity index (χ1v) is 9.12. The molecule has 1 aliphatic heterocycles. The minimum absolute atomic E-state index is 0.365. The highest BCUT2D eigenvalue weighted by Gasteiger charge is 2.28. The molecule has 6 heteroatoms. The number of hydrogen-bond acceptors (Lipinski definition) is 4. The largest absolute Gasteiger partial charge is 0.399 e. The molecule has 1 heterocycles. The molecule has 0 unspecified atom stereocenters. The van der Waals surface area contributed by atoms with Crippen molar-refractivity contribution in [2.24, 2.45) is 0 Å². The van der Waals surface area contributed by atoms with Crippen LogP contribution in [0.25, 0.3) is 0 Å². The number of hydrogen-bond donors (Lipinski definition) is 1. The standard InChI is InChI=1S/C17H21N3O2S/c18-16-6-4-5-15(13-16)14-19-9-11-20(12-10-19)23(21,22)17-7-2-1-3-8-17/h1-8,13H,9-12,14,18H2. The number of rotatable bonds is 4. The highest BCUT2D eigenvalue weighted by Crippen LogP contribution is 2.18. The molecule has 2 aromatic rings. The van der Waals surface area contributed by atoms with Crippen molar-refractivity contribution >= 4 is 15.7 Å². The number of nitrogen functional groups attached to an aromatic ring is 1. The van der Waals surface area contributed by atoms with Gasteiger partial charge in [-0.15, -0.1) is 0 Å². The zero-order valence-electron chi connectivity index (χ0n) is 12.9. The molecule has 0 aromatic heterocycles. The first-order chi connectivity index (χ1) is 11.1. The fourth-order valence-electron chi connectivity index (χ4n) is 2.82. The van der Waals surface area contributed by atoms with Gasteiger partial charge in [-0.2, -0.15) is 4.31 Å². The zero-order chi connectivity index (χ0) is 16.3. The third-order valence-corrected chi connectivity index (χ3v) is 5.98. The smallest absolute Gasteiger partial charge is 0.243 e. The average molecular weight is 331 g/mol. The lowest BCUT2D eigenvalue weighted by atomic mass is 10.2. The molecule has 23 heavy (non-hydrogen) atoms. The number of piperazine rings is 1. The summed E-state index contributed by atoms with van der Waals surface area (Å²) in [7, 11) is -3.38. The Labute approximate surface area is 137 Å². The fourth-order valence-corrected chi connectivity index (χ4v) is 4.26. The van der Waals surface area contributed by atoms with Crippen molar-refractivity contribution in [1.29, 1.82) is 0 Å². The van der Waals surface area contributed by atoms with Crippen LogP contribution in [-0.4, -0.2) is 43.8 Å². The van der Waals surface area contributed by atoms with E-state index in [4.69, 9.17) is 5.73 Å². The van der Waals surface area contributed by atoms with Gasteiger partial charge in [0.15, 0.2) is 0 Å². The topological polar surface area (TPSA) is 66.6 Å². The summed E-state index contributed by atoms with van der Waals surface area (Å²) in [6, 6.07) is 16.4. The molecule has 2 aromatic carbocycles. The normalized spacial score (nSPS) is 17.2. The Morgan fingerprint density at radius 3 is 2.26 bits per heavy atom. The van der Waals surface area contributed by atoms with E-state index >= 15 is 0 Å². The summed E-state index contributed by atoms with van der Waals surface area (Å²) < 4.78 is 26.7. The first kappa shape index (κ1) is 16.0. The molecule has 122 valence electrons. The SMILES string of the molecule is Nc1cccc(CN2CCN(S(=O)(=O)c3ccccc3)CC2)c1. The minimum atomic E-state index is -3.38. The van der Waals surface area contributed by atoms with E-state index in [1.807, 2.05) is 30.3 Å². The number of benzene rings is 2. The quantitative estimate of drug-likeness (QED) is 0.867. The summed E-state index contributed by atoms with van der Waals surface area (Å²) in [5, 5.41) is 0. The summed E-state index contributed by atoms with van der Waals surface area (Å²) in [4.78, 5) is 2.62. The maximum atomic E-state index is 12.6. The van der Waals surface area contributed by atoms with Crippen LogP contribution in [-0.2, 0) is 16.6 Å². The number of sulfonamides is 1. The third kappa shape index (κ3) is 3.72. The van der Waals surface area contributed by atoms with Gasteiger partial charge in [0.1, 0.15) is 0 Å². The second kappa shape index (κ2) is 6.70. The van der Waals surface area contributed by atoms with Crippen LogP contribution in [0.2, 0.25) is 0 Å². The van der Waals surface area contributed by atoms with Gasteiger partial charge in [0, 0.05) is 38.4 Å². The molecule has 0 amide bonds. The maximum absolute atomic E-state index is 12.6. The van der Waals surface area contributed by atoms with E-state index in [-0.39, 0.29) is 0 Å². The lowest BCUT2D eigenvalue weighted by Gasteiger charge is -2.34. The van der Waals surface area contributed by atoms with Gasteiger partial charge in [0.2, 0.25) is 10.0 Å². The van der Waals surface area contributed by atoms with Crippen molar-refractivity contribution in [2.45, 2.75) is 11.4 Å². The number of nitrogens with two attached hydrogens (primary N) is 1. The molecular weight excluding hydrogens is 310 g/mol. The van der Waals surface area contributed by atoms with E-state index in [1.165, 1.54) is 0 Å². The van der Waals surface area contributed by atoms with Crippen molar-refractivity contribution in [3.8, 4) is 0 Å². The second-order valence-electron chi connectivity index (χ2n) is 5.74. The fraction of sp³-hybridized carbons (Fsp3) is 0.294. The summed E-state index contributed by atoms with van der Waals surface area (Å²) in [5.41, 5.74) is 7.72. The van der Waals surface area contributed by atoms with E-state index in [0.29, 0.717) is 18.0 Å². The van der Waals surface area contributed by atoms with Crippen LogP contribution in [0, 0.1) is 0 Å². The van der Waals surface area contributed by atoms with Crippen LogP contribution in [0.4, 0.5) is 5.69 Å². The van der Waals surface area contributed by atoms with Gasteiger partial charge < -0.3 is 5.73 Å². The van der Waals surface area contributed by atoms with Gasteiger partial charge >= 0.3 is 0 Å². The van der Waals surface area contributed by atoms with Gasteiger partial charge in [-0.25, -0.2) is 8.42 Å². The van der Waals surface area contributed by atoms with Gasteiger partial charge in [0.25, 0.3) is 0 Å². The highest BCUT2D eigenvalue weighted by molar-refractivity contribution is 7.89. The molecule has 0 spiro atoms. The van der Waals surface area contributed by atoms with Crippen molar-refractivity contribution in [1.82, 2.24) is 9.21 Å². The van der Waals surface area contributed by atoms with E-state index in [9.17, 15) is 8.42 Å². The number of nitrogens with zero attached hydrogens (tertiary/aromatic N) is 2. The van der Waals surface area contributed by atoms with Crippen LogP contribution in [0.15, 0.2) is 59.5 Å². The molecule has 0 radical (unpaired) electrons. The summed E-state index contributed by atoms with van der Waals surface area (Å²) >= 11 is 0. The Morgan fingerprint density at radius 2 is 1.61 bits per heavy atom. The van der Waals surface area contributed by atoms with Crippen LogP contribution in [0.5, 0.6) is 0 Å². The molecule has 0 atom stereocenters. The maximum Gasteiger partial charge on any atom is 0.243 e. The van der Waals surface area contributed by atoms with Gasteiger partial charge in [-0.05, 0) is 29.8 Å². The lowest BCUT2D eigenvalue weighted by molar-refractivity contribution is 0.181. The molecule has 0 aliphatic carbocycles. The van der Waals surface area contributed by atoms with Crippen LogP contribution < -0.4 is 5.73 Å². The van der Waals surface area contributed by atoms with Crippen molar-refractivity contribution < 1.29 is 8.42 Å². The average Bonchev–Trinajstić information content (AvgIpc) is 2.56.